The van der Waals surface area contributed by atoms with E-state index < -0.39 is 0 Å². The molecule has 0 radical (unpaired) electrons. The van der Waals surface area contributed by atoms with Gasteiger partial charge in [-0.15, -0.1) is 0 Å². The standard InChI is InChI=1S/C12H17BrFN/c1-4-15-9(3)8(2)10-6-5-7-11(13)12(10)14/h5-9,15H,4H2,1-3H3. The van der Waals surface area contributed by atoms with Crippen LogP contribution in [0.3, 0.4) is 0 Å². The minimum absolute atomic E-state index is 0.144. The maximum absolute atomic E-state index is 13.8. The van der Waals surface area contributed by atoms with E-state index >= 15 is 0 Å². The summed E-state index contributed by atoms with van der Waals surface area (Å²) in [6.45, 7) is 7.08. The molecule has 3 heteroatoms. The number of rotatable bonds is 4. The Morgan fingerprint density at radius 3 is 2.67 bits per heavy atom. The summed E-state index contributed by atoms with van der Waals surface area (Å²) in [5.74, 6) is 0.0252. The van der Waals surface area contributed by atoms with Crippen molar-refractivity contribution >= 4 is 15.9 Å². The van der Waals surface area contributed by atoms with E-state index in [9.17, 15) is 4.39 Å². The molecule has 0 fully saturated rings. The summed E-state index contributed by atoms with van der Waals surface area (Å²) in [4.78, 5) is 0. The van der Waals surface area contributed by atoms with Crippen LogP contribution in [0.1, 0.15) is 32.3 Å². The fourth-order valence-electron chi connectivity index (χ4n) is 1.64. The van der Waals surface area contributed by atoms with Crippen molar-refractivity contribution in [3.05, 3.63) is 34.1 Å². The van der Waals surface area contributed by atoms with Gasteiger partial charge >= 0.3 is 0 Å². The van der Waals surface area contributed by atoms with Crippen LogP contribution in [0, 0.1) is 5.82 Å². The molecule has 15 heavy (non-hydrogen) atoms. The van der Waals surface area contributed by atoms with Crippen molar-refractivity contribution in [2.45, 2.75) is 32.7 Å². The third-order valence-corrected chi connectivity index (χ3v) is 3.36. The molecule has 0 saturated carbocycles. The minimum atomic E-state index is -0.144. The van der Waals surface area contributed by atoms with E-state index in [0.717, 1.165) is 12.1 Å². The third-order valence-electron chi connectivity index (χ3n) is 2.75. The molecule has 1 nitrogen and oxygen atoms in total. The van der Waals surface area contributed by atoms with Crippen LogP contribution in [0.5, 0.6) is 0 Å². The molecular weight excluding hydrogens is 257 g/mol. The van der Waals surface area contributed by atoms with Gasteiger partial charge in [-0.3, -0.25) is 0 Å². The highest BCUT2D eigenvalue weighted by molar-refractivity contribution is 9.10. The first-order valence-corrected chi connectivity index (χ1v) is 6.04. The zero-order chi connectivity index (χ0) is 11.4. The Hall–Kier alpha value is -0.410. The molecule has 0 aliphatic rings. The second-order valence-corrected chi connectivity index (χ2v) is 4.63. The highest BCUT2D eigenvalue weighted by atomic mass is 79.9. The Morgan fingerprint density at radius 1 is 1.40 bits per heavy atom. The zero-order valence-electron chi connectivity index (χ0n) is 9.35. The number of likely N-dealkylation sites (N-methyl/N-ethyl adjacent to an activating group) is 1. The van der Waals surface area contributed by atoms with E-state index in [4.69, 9.17) is 0 Å². The monoisotopic (exact) mass is 273 g/mol. The Bertz CT molecular complexity index is 327. The Balaban J connectivity index is 2.90. The van der Waals surface area contributed by atoms with Crippen LogP contribution in [0.15, 0.2) is 22.7 Å². The quantitative estimate of drug-likeness (QED) is 0.883. The molecule has 0 amide bonds. The van der Waals surface area contributed by atoms with Crippen molar-refractivity contribution < 1.29 is 4.39 Å². The van der Waals surface area contributed by atoms with E-state index in [2.05, 4.69) is 35.1 Å². The highest BCUT2D eigenvalue weighted by Gasteiger charge is 2.17. The number of halogens is 2. The van der Waals surface area contributed by atoms with Crippen LogP contribution in [-0.2, 0) is 0 Å². The molecule has 0 spiro atoms. The second-order valence-electron chi connectivity index (χ2n) is 3.78. The number of benzene rings is 1. The number of hydrogen-bond acceptors (Lipinski definition) is 1. The van der Waals surface area contributed by atoms with Gasteiger partial charge in [-0.05, 0) is 46.9 Å². The lowest BCUT2D eigenvalue weighted by molar-refractivity contribution is 0.474. The van der Waals surface area contributed by atoms with Crippen molar-refractivity contribution in [2.75, 3.05) is 6.54 Å². The van der Waals surface area contributed by atoms with Gasteiger partial charge in [-0.1, -0.05) is 26.0 Å². The molecule has 0 aromatic heterocycles. The van der Waals surface area contributed by atoms with Crippen molar-refractivity contribution in [1.29, 1.82) is 0 Å². The summed E-state index contributed by atoms with van der Waals surface area (Å²) in [5, 5.41) is 3.31. The largest absolute Gasteiger partial charge is 0.314 e. The van der Waals surface area contributed by atoms with Gasteiger partial charge in [-0.2, -0.15) is 0 Å². The molecule has 0 saturated heterocycles. The van der Waals surface area contributed by atoms with Crippen molar-refractivity contribution in [3.63, 3.8) is 0 Å². The maximum atomic E-state index is 13.8. The molecule has 1 rings (SSSR count). The topological polar surface area (TPSA) is 12.0 Å². The van der Waals surface area contributed by atoms with Gasteiger partial charge in [-0.25, -0.2) is 4.39 Å². The SMILES string of the molecule is CCNC(C)C(C)c1cccc(Br)c1F. The molecular formula is C12H17BrFN. The van der Waals surface area contributed by atoms with Gasteiger partial charge in [0.1, 0.15) is 5.82 Å². The Labute approximate surface area is 99.2 Å². The van der Waals surface area contributed by atoms with Gasteiger partial charge in [0, 0.05) is 6.04 Å². The highest BCUT2D eigenvalue weighted by Crippen LogP contribution is 2.26. The summed E-state index contributed by atoms with van der Waals surface area (Å²) >= 11 is 3.21. The van der Waals surface area contributed by atoms with Crippen LogP contribution < -0.4 is 5.32 Å². The molecule has 2 unspecified atom stereocenters. The number of hydrogen-bond donors (Lipinski definition) is 1. The smallest absolute Gasteiger partial charge is 0.140 e. The summed E-state index contributed by atoms with van der Waals surface area (Å²) in [6, 6.07) is 5.72. The van der Waals surface area contributed by atoms with Gasteiger partial charge in [0.2, 0.25) is 0 Å². The normalized spacial score (nSPS) is 15.0. The van der Waals surface area contributed by atoms with Crippen LogP contribution in [0.4, 0.5) is 4.39 Å². The fraction of sp³-hybridized carbons (Fsp3) is 0.500. The Kier molecular flexibility index (Phi) is 4.74. The summed E-state index contributed by atoms with van der Waals surface area (Å²) in [7, 11) is 0. The average molecular weight is 274 g/mol. The first kappa shape index (κ1) is 12.7. The van der Waals surface area contributed by atoms with E-state index in [1.165, 1.54) is 0 Å². The van der Waals surface area contributed by atoms with Gasteiger partial charge in [0.15, 0.2) is 0 Å². The predicted molar refractivity (Wildman–Crippen MR) is 65.7 cm³/mol. The first-order valence-electron chi connectivity index (χ1n) is 5.25. The predicted octanol–water partition coefficient (Wildman–Crippen LogP) is 3.69. The molecule has 84 valence electrons. The van der Waals surface area contributed by atoms with E-state index in [1.54, 1.807) is 6.07 Å². The molecule has 0 aliphatic heterocycles. The lowest BCUT2D eigenvalue weighted by Crippen LogP contribution is -2.31. The Morgan fingerprint density at radius 2 is 2.07 bits per heavy atom. The van der Waals surface area contributed by atoms with Crippen molar-refractivity contribution in [1.82, 2.24) is 5.32 Å². The summed E-state index contributed by atoms with van der Waals surface area (Å²) in [6.07, 6.45) is 0. The summed E-state index contributed by atoms with van der Waals surface area (Å²) < 4.78 is 14.3. The van der Waals surface area contributed by atoms with E-state index in [0.29, 0.717) is 4.47 Å². The molecule has 0 bridgehead atoms. The van der Waals surface area contributed by atoms with Gasteiger partial charge < -0.3 is 5.32 Å². The second kappa shape index (κ2) is 5.61. The summed E-state index contributed by atoms with van der Waals surface area (Å²) in [5.41, 5.74) is 0.762. The lowest BCUT2D eigenvalue weighted by atomic mass is 9.94. The fourth-order valence-corrected chi connectivity index (χ4v) is 2.02. The average Bonchev–Trinajstić information content (AvgIpc) is 2.21. The van der Waals surface area contributed by atoms with Crippen LogP contribution in [0.25, 0.3) is 0 Å². The molecule has 0 heterocycles. The molecule has 1 aromatic carbocycles. The molecule has 0 aliphatic carbocycles. The minimum Gasteiger partial charge on any atom is -0.314 e. The zero-order valence-corrected chi connectivity index (χ0v) is 10.9. The van der Waals surface area contributed by atoms with Crippen molar-refractivity contribution in [3.8, 4) is 0 Å². The number of nitrogens with one attached hydrogen (secondary N) is 1. The van der Waals surface area contributed by atoms with Gasteiger partial charge in [0.25, 0.3) is 0 Å². The third kappa shape index (κ3) is 3.02. The van der Waals surface area contributed by atoms with Gasteiger partial charge in [0.05, 0.1) is 4.47 Å². The molecule has 2 atom stereocenters. The van der Waals surface area contributed by atoms with E-state index in [1.807, 2.05) is 19.1 Å². The van der Waals surface area contributed by atoms with E-state index in [-0.39, 0.29) is 17.8 Å². The van der Waals surface area contributed by atoms with Crippen molar-refractivity contribution in [2.24, 2.45) is 0 Å². The van der Waals surface area contributed by atoms with Crippen LogP contribution in [0.2, 0.25) is 0 Å². The van der Waals surface area contributed by atoms with Crippen LogP contribution >= 0.6 is 15.9 Å². The molecule has 1 N–H and O–H groups in total. The molecule has 1 aromatic rings. The van der Waals surface area contributed by atoms with Crippen LogP contribution in [-0.4, -0.2) is 12.6 Å². The lowest BCUT2D eigenvalue weighted by Gasteiger charge is -2.21. The first-order chi connectivity index (χ1) is 7.07. The maximum Gasteiger partial charge on any atom is 0.140 e.